The second kappa shape index (κ2) is 6.08. The molecule has 0 bridgehead atoms. The first-order valence-corrected chi connectivity index (χ1v) is 7.48. The number of benzene rings is 1. The summed E-state index contributed by atoms with van der Waals surface area (Å²) < 4.78 is 0. The average molecular weight is 292 g/mol. The van der Waals surface area contributed by atoms with Crippen molar-refractivity contribution in [3.05, 3.63) is 29.3 Å². The van der Waals surface area contributed by atoms with E-state index < -0.39 is 5.97 Å². The third-order valence-corrected chi connectivity index (χ3v) is 3.69. The molecule has 0 radical (unpaired) electrons. The van der Waals surface area contributed by atoms with E-state index in [4.69, 9.17) is 0 Å². The van der Waals surface area contributed by atoms with Gasteiger partial charge >= 0.3 is 5.97 Å². The lowest BCUT2D eigenvalue weighted by Gasteiger charge is -2.35. The van der Waals surface area contributed by atoms with Crippen LogP contribution in [-0.2, 0) is 0 Å². The smallest absolute Gasteiger partial charge is 0.339 e. The number of aromatic hydroxyl groups is 1. The minimum absolute atomic E-state index is 0.0385. The second-order valence-electron chi connectivity index (χ2n) is 8.05. The summed E-state index contributed by atoms with van der Waals surface area (Å²) in [5, 5.41) is 19.1. The number of carbonyl (C=O) groups is 1. The highest BCUT2D eigenvalue weighted by Crippen LogP contribution is 2.41. The van der Waals surface area contributed by atoms with E-state index in [1.807, 2.05) is 6.92 Å². The van der Waals surface area contributed by atoms with E-state index in [1.54, 1.807) is 12.1 Å². The topological polar surface area (TPSA) is 57.5 Å². The first kappa shape index (κ1) is 17.5. The summed E-state index contributed by atoms with van der Waals surface area (Å²) in [6, 6.07) is 4.95. The first-order chi connectivity index (χ1) is 9.43. The molecule has 0 spiro atoms. The van der Waals surface area contributed by atoms with E-state index in [9.17, 15) is 15.0 Å². The monoisotopic (exact) mass is 292 g/mol. The van der Waals surface area contributed by atoms with Crippen LogP contribution in [0.25, 0.3) is 0 Å². The third kappa shape index (κ3) is 5.07. The van der Waals surface area contributed by atoms with Crippen LogP contribution in [0.3, 0.4) is 0 Å². The van der Waals surface area contributed by atoms with Crippen molar-refractivity contribution in [3.63, 3.8) is 0 Å². The molecule has 0 saturated carbocycles. The number of rotatable bonds is 5. The predicted octanol–water partition coefficient (Wildman–Crippen LogP) is 5.05. The molecule has 1 aromatic carbocycles. The zero-order chi connectivity index (χ0) is 16.4. The molecule has 0 aliphatic rings. The van der Waals surface area contributed by atoms with Gasteiger partial charge in [-0.3, -0.25) is 0 Å². The summed E-state index contributed by atoms with van der Waals surface area (Å²) in [7, 11) is 0. The Labute approximate surface area is 128 Å². The van der Waals surface area contributed by atoms with Crippen LogP contribution in [0.5, 0.6) is 5.75 Å². The lowest BCUT2D eigenvalue weighted by molar-refractivity contribution is 0.0691. The summed E-state index contributed by atoms with van der Waals surface area (Å²) in [4.78, 5) is 11.4. The largest absolute Gasteiger partial charge is 0.507 e. The quantitative estimate of drug-likeness (QED) is 0.798. The van der Waals surface area contributed by atoms with Gasteiger partial charge in [0.25, 0.3) is 0 Å². The Hall–Kier alpha value is -1.51. The summed E-state index contributed by atoms with van der Waals surface area (Å²) >= 11 is 0. The van der Waals surface area contributed by atoms with Gasteiger partial charge in [0.1, 0.15) is 11.3 Å². The van der Waals surface area contributed by atoms with Crippen molar-refractivity contribution < 1.29 is 15.0 Å². The molecular formula is C18H28O3. The van der Waals surface area contributed by atoms with Crippen LogP contribution in [0.2, 0.25) is 0 Å². The molecular weight excluding hydrogens is 264 g/mol. The molecule has 0 amide bonds. The minimum atomic E-state index is -1.07. The average Bonchev–Trinajstić information content (AvgIpc) is 2.23. The fraction of sp³-hybridized carbons (Fsp3) is 0.611. The molecule has 0 aliphatic heterocycles. The van der Waals surface area contributed by atoms with E-state index in [-0.39, 0.29) is 28.1 Å². The zero-order valence-corrected chi connectivity index (χ0v) is 14.0. The van der Waals surface area contributed by atoms with Crippen LogP contribution in [0, 0.1) is 10.8 Å². The van der Waals surface area contributed by atoms with Crippen molar-refractivity contribution >= 4 is 5.97 Å². The van der Waals surface area contributed by atoms with E-state index in [0.29, 0.717) is 5.56 Å². The highest BCUT2D eigenvalue weighted by molar-refractivity contribution is 5.92. The number of aromatic carboxylic acids is 1. The Morgan fingerprint density at radius 3 is 2.24 bits per heavy atom. The molecule has 3 nitrogen and oxygen atoms in total. The maximum Gasteiger partial charge on any atom is 0.339 e. The second-order valence-corrected chi connectivity index (χ2v) is 8.05. The molecule has 0 aromatic heterocycles. The van der Waals surface area contributed by atoms with Gasteiger partial charge in [0, 0.05) is 0 Å². The number of hydrogen-bond acceptors (Lipinski definition) is 2. The predicted molar refractivity (Wildman–Crippen MR) is 86.0 cm³/mol. The highest BCUT2D eigenvalue weighted by Gasteiger charge is 2.29. The molecule has 2 N–H and O–H groups in total. The van der Waals surface area contributed by atoms with Gasteiger partial charge in [-0.05, 0) is 41.2 Å². The van der Waals surface area contributed by atoms with Gasteiger partial charge in [-0.25, -0.2) is 4.79 Å². The summed E-state index contributed by atoms with van der Waals surface area (Å²) in [6.45, 7) is 13.1. The van der Waals surface area contributed by atoms with E-state index in [0.717, 1.165) is 12.8 Å². The van der Waals surface area contributed by atoms with Crippen LogP contribution >= 0.6 is 0 Å². The van der Waals surface area contributed by atoms with Gasteiger partial charge in [-0.1, -0.05) is 53.7 Å². The van der Waals surface area contributed by atoms with Crippen LogP contribution in [-0.4, -0.2) is 16.2 Å². The Morgan fingerprint density at radius 1 is 1.19 bits per heavy atom. The molecule has 3 heteroatoms. The molecule has 118 valence electrons. The Morgan fingerprint density at radius 2 is 1.76 bits per heavy atom. The Kier molecular flexibility index (Phi) is 5.08. The summed E-state index contributed by atoms with van der Waals surface area (Å²) in [5.74, 6) is -1.13. The number of phenols is 1. The summed E-state index contributed by atoms with van der Waals surface area (Å²) in [5.41, 5.74) is 1.09. The lowest BCUT2D eigenvalue weighted by atomic mass is 9.71. The van der Waals surface area contributed by atoms with Crippen molar-refractivity contribution in [1.82, 2.24) is 0 Å². The van der Waals surface area contributed by atoms with E-state index in [1.165, 1.54) is 6.07 Å². The van der Waals surface area contributed by atoms with Gasteiger partial charge in [0.15, 0.2) is 0 Å². The van der Waals surface area contributed by atoms with Gasteiger partial charge in [-0.15, -0.1) is 0 Å². The van der Waals surface area contributed by atoms with Crippen molar-refractivity contribution in [3.8, 4) is 5.75 Å². The third-order valence-electron chi connectivity index (χ3n) is 3.69. The number of hydrogen-bond donors (Lipinski definition) is 2. The highest BCUT2D eigenvalue weighted by atomic mass is 16.4. The molecule has 0 aliphatic carbocycles. The standard InChI is InChI=1S/C18H28O3/c1-12(10-18(5,6)11-17(2,3)4)13-8-7-9-14(19)15(13)16(20)21/h7-9,12,19H,10-11H2,1-6H3,(H,20,21). The zero-order valence-electron chi connectivity index (χ0n) is 14.0. The van der Waals surface area contributed by atoms with Crippen LogP contribution < -0.4 is 0 Å². The SMILES string of the molecule is CC(CC(C)(C)CC(C)(C)C)c1cccc(O)c1C(=O)O. The molecule has 0 saturated heterocycles. The van der Waals surface area contributed by atoms with Gasteiger partial charge < -0.3 is 10.2 Å². The Balaban J connectivity index is 3.02. The number of carboxylic acids is 1. The molecule has 1 rings (SSSR count). The number of carboxylic acid groups (broad SMARTS) is 1. The Bertz CT molecular complexity index is 510. The minimum Gasteiger partial charge on any atom is -0.507 e. The molecule has 1 aromatic rings. The fourth-order valence-corrected chi connectivity index (χ4v) is 3.65. The molecule has 0 fully saturated rings. The van der Waals surface area contributed by atoms with Crippen LogP contribution in [0.4, 0.5) is 0 Å². The van der Waals surface area contributed by atoms with Crippen molar-refractivity contribution in [2.45, 2.75) is 60.3 Å². The van der Waals surface area contributed by atoms with E-state index >= 15 is 0 Å². The van der Waals surface area contributed by atoms with Crippen molar-refractivity contribution in [2.75, 3.05) is 0 Å². The van der Waals surface area contributed by atoms with Crippen molar-refractivity contribution in [2.24, 2.45) is 10.8 Å². The maximum absolute atomic E-state index is 11.4. The van der Waals surface area contributed by atoms with Gasteiger partial charge in [-0.2, -0.15) is 0 Å². The first-order valence-electron chi connectivity index (χ1n) is 7.48. The maximum atomic E-state index is 11.4. The van der Waals surface area contributed by atoms with Crippen LogP contribution in [0.1, 0.15) is 76.2 Å². The van der Waals surface area contributed by atoms with E-state index in [2.05, 4.69) is 34.6 Å². The summed E-state index contributed by atoms with van der Waals surface area (Å²) in [6.07, 6.45) is 1.94. The van der Waals surface area contributed by atoms with Gasteiger partial charge in [0.05, 0.1) is 0 Å². The lowest BCUT2D eigenvalue weighted by Crippen LogP contribution is -2.23. The van der Waals surface area contributed by atoms with Crippen molar-refractivity contribution in [1.29, 1.82) is 0 Å². The molecule has 0 heterocycles. The fourth-order valence-electron chi connectivity index (χ4n) is 3.65. The normalized spacial score (nSPS) is 14.0. The van der Waals surface area contributed by atoms with Gasteiger partial charge in [0.2, 0.25) is 0 Å². The van der Waals surface area contributed by atoms with Crippen LogP contribution in [0.15, 0.2) is 18.2 Å². The molecule has 1 atom stereocenters. The molecule has 1 unspecified atom stereocenters. The molecule has 21 heavy (non-hydrogen) atoms.